The molecule has 2 atom stereocenters. The fourth-order valence-corrected chi connectivity index (χ4v) is 4.36. The Morgan fingerprint density at radius 1 is 0.964 bits per heavy atom. The van der Waals surface area contributed by atoms with Gasteiger partial charge in [0.2, 0.25) is 0 Å². The van der Waals surface area contributed by atoms with Crippen LogP contribution in [0.1, 0.15) is 16.8 Å². The van der Waals surface area contributed by atoms with Crippen LogP contribution in [0.25, 0.3) is 0 Å². The van der Waals surface area contributed by atoms with Gasteiger partial charge in [-0.25, -0.2) is 4.39 Å². The Bertz CT molecular complexity index is 855. The normalized spacial score (nSPS) is 21.0. The molecule has 4 rings (SSSR count). The van der Waals surface area contributed by atoms with Crippen LogP contribution in [0, 0.1) is 6.92 Å². The number of hydrogen-bond acceptors (Lipinski definition) is 3. The highest BCUT2D eigenvalue weighted by atomic mass is 19.1. The lowest BCUT2D eigenvalue weighted by atomic mass is 9.79. The molecule has 0 saturated carbocycles. The predicted molar refractivity (Wildman–Crippen MR) is 112 cm³/mol. The number of aryl methyl sites for hydroxylation is 1. The molecule has 2 aromatic carbocycles. The molecule has 1 saturated heterocycles. The van der Waals surface area contributed by atoms with Gasteiger partial charge in [0.05, 0.1) is 30.0 Å². The topological polar surface area (TPSA) is 42.1 Å². The summed E-state index contributed by atoms with van der Waals surface area (Å²) in [6.07, 6.45) is 2.11. The van der Waals surface area contributed by atoms with Crippen molar-refractivity contribution in [2.45, 2.75) is 37.5 Å². The van der Waals surface area contributed by atoms with E-state index < -0.39 is 17.8 Å². The summed E-state index contributed by atoms with van der Waals surface area (Å²) in [6, 6.07) is 23.9. The van der Waals surface area contributed by atoms with Crippen LogP contribution < -0.4 is 10.6 Å². The number of aromatic nitrogens is 1. The molecule has 0 aliphatic carbocycles. The smallest absolute Gasteiger partial charge is 0.135 e. The average Bonchev–Trinajstić information content (AvgIpc) is 2.95. The lowest BCUT2D eigenvalue weighted by Gasteiger charge is -2.43. The number of rotatable bonds is 5. The van der Waals surface area contributed by atoms with Crippen molar-refractivity contribution in [3.63, 3.8) is 0 Å². The summed E-state index contributed by atoms with van der Waals surface area (Å²) in [5.41, 5.74) is 10.2. The molecule has 4 heteroatoms. The van der Waals surface area contributed by atoms with E-state index in [0.29, 0.717) is 12.8 Å². The lowest BCUT2D eigenvalue weighted by molar-refractivity contribution is 0.273. The molecule has 144 valence electrons. The zero-order chi connectivity index (χ0) is 19.6. The molecule has 3 aromatic rings. The number of anilines is 1. The maximum absolute atomic E-state index is 15.0. The first-order valence-corrected chi connectivity index (χ1v) is 9.76. The second-order valence-electron chi connectivity index (χ2n) is 7.74. The van der Waals surface area contributed by atoms with Gasteiger partial charge in [0.25, 0.3) is 0 Å². The molecular weight excluding hydrogens is 349 g/mol. The van der Waals surface area contributed by atoms with Gasteiger partial charge in [-0.1, -0.05) is 60.7 Å². The van der Waals surface area contributed by atoms with Crippen LogP contribution in [0.15, 0.2) is 79.0 Å². The predicted octanol–water partition coefficient (Wildman–Crippen LogP) is 4.10. The zero-order valence-electron chi connectivity index (χ0n) is 16.1. The van der Waals surface area contributed by atoms with Crippen LogP contribution in [0.5, 0.6) is 0 Å². The van der Waals surface area contributed by atoms with Gasteiger partial charge in [-0.05, 0) is 43.0 Å². The zero-order valence-corrected chi connectivity index (χ0v) is 16.1. The summed E-state index contributed by atoms with van der Waals surface area (Å²) in [5, 5.41) is 0. The van der Waals surface area contributed by atoms with E-state index in [2.05, 4.69) is 34.1 Å². The van der Waals surface area contributed by atoms with Gasteiger partial charge in [0, 0.05) is 5.69 Å². The van der Waals surface area contributed by atoms with E-state index in [1.54, 1.807) is 0 Å². The highest BCUT2D eigenvalue weighted by Gasteiger charge is 2.52. The molecule has 1 aromatic heterocycles. The van der Waals surface area contributed by atoms with E-state index in [1.807, 2.05) is 61.7 Å². The summed E-state index contributed by atoms with van der Waals surface area (Å²) in [6.45, 7) is 2.24. The van der Waals surface area contributed by atoms with Crippen molar-refractivity contribution < 1.29 is 4.39 Å². The molecule has 3 nitrogen and oxygen atoms in total. The molecular formula is C24H26FN3. The van der Waals surface area contributed by atoms with Crippen molar-refractivity contribution in [1.82, 2.24) is 4.98 Å². The van der Waals surface area contributed by atoms with E-state index in [-0.39, 0.29) is 6.54 Å². The maximum atomic E-state index is 15.0. The largest absolute Gasteiger partial charge is 0.359 e. The van der Waals surface area contributed by atoms with E-state index in [9.17, 15) is 0 Å². The number of nitrogens with two attached hydrogens (primary N) is 1. The third kappa shape index (κ3) is 3.52. The van der Waals surface area contributed by atoms with Gasteiger partial charge in [-0.3, -0.25) is 4.98 Å². The van der Waals surface area contributed by atoms with Crippen molar-refractivity contribution in [2.24, 2.45) is 5.73 Å². The van der Waals surface area contributed by atoms with Crippen molar-refractivity contribution in [1.29, 1.82) is 0 Å². The minimum atomic E-state index is -1.09. The van der Waals surface area contributed by atoms with Gasteiger partial charge in [0.15, 0.2) is 0 Å². The van der Waals surface area contributed by atoms with E-state index in [4.69, 9.17) is 5.73 Å². The summed E-state index contributed by atoms with van der Waals surface area (Å²) >= 11 is 0. The van der Waals surface area contributed by atoms with Gasteiger partial charge in [-0.2, -0.15) is 0 Å². The van der Waals surface area contributed by atoms with Crippen molar-refractivity contribution in [3.8, 4) is 0 Å². The first-order valence-electron chi connectivity index (χ1n) is 9.76. The third-order valence-corrected chi connectivity index (χ3v) is 5.82. The van der Waals surface area contributed by atoms with Crippen LogP contribution in [0.3, 0.4) is 0 Å². The maximum Gasteiger partial charge on any atom is 0.135 e. The molecule has 0 amide bonds. The van der Waals surface area contributed by atoms with Crippen LogP contribution in [-0.2, 0) is 12.8 Å². The number of halogens is 1. The monoisotopic (exact) mass is 375 g/mol. The number of benzene rings is 2. The van der Waals surface area contributed by atoms with Gasteiger partial charge in [0.1, 0.15) is 6.17 Å². The SMILES string of the molecule is Cc1ccc(N2CC(F)C(N)C2(Cc2ccccc2)Cc2ccccc2)cn1. The van der Waals surface area contributed by atoms with Gasteiger partial charge >= 0.3 is 0 Å². The first kappa shape index (κ1) is 18.6. The standard InChI is InChI=1S/C24H26FN3/c1-18-12-13-21(16-27-18)28-17-22(25)23(26)24(28,14-19-8-4-2-5-9-19)15-20-10-6-3-7-11-20/h2-13,16,22-23H,14-15,17,26H2,1H3. The van der Waals surface area contributed by atoms with Gasteiger partial charge < -0.3 is 10.6 Å². The summed E-state index contributed by atoms with van der Waals surface area (Å²) < 4.78 is 15.0. The molecule has 28 heavy (non-hydrogen) atoms. The van der Waals surface area contributed by atoms with Crippen LogP contribution in [0.2, 0.25) is 0 Å². The van der Waals surface area contributed by atoms with Crippen molar-refractivity contribution in [3.05, 3.63) is 95.8 Å². The highest BCUT2D eigenvalue weighted by Crippen LogP contribution is 2.40. The van der Waals surface area contributed by atoms with E-state index in [1.165, 1.54) is 0 Å². The summed E-state index contributed by atoms with van der Waals surface area (Å²) in [7, 11) is 0. The number of hydrogen-bond donors (Lipinski definition) is 1. The Morgan fingerprint density at radius 2 is 1.54 bits per heavy atom. The molecule has 0 radical (unpaired) electrons. The summed E-state index contributed by atoms with van der Waals surface area (Å²) in [4.78, 5) is 6.60. The fourth-order valence-electron chi connectivity index (χ4n) is 4.36. The fraction of sp³-hybridized carbons (Fsp3) is 0.292. The molecule has 1 aliphatic rings. The molecule has 0 bridgehead atoms. The number of nitrogens with zero attached hydrogens (tertiary/aromatic N) is 2. The minimum Gasteiger partial charge on any atom is -0.359 e. The number of alkyl halides is 1. The molecule has 2 unspecified atom stereocenters. The third-order valence-electron chi connectivity index (χ3n) is 5.82. The van der Waals surface area contributed by atoms with E-state index >= 15 is 4.39 Å². The Balaban J connectivity index is 1.81. The second-order valence-corrected chi connectivity index (χ2v) is 7.74. The lowest BCUT2D eigenvalue weighted by Crippen LogP contribution is -2.58. The van der Waals surface area contributed by atoms with Crippen LogP contribution in [0.4, 0.5) is 10.1 Å². The van der Waals surface area contributed by atoms with Crippen LogP contribution in [-0.4, -0.2) is 29.3 Å². The van der Waals surface area contributed by atoms with Crippen molar-refractivity contribution >= 4 is 5.69 Å². The Kier molecular flexibility index (Phi) is 5.14. The van der Waals surface area contributed by atoms with Crippen molar-refractivity contribution in [2.75, 3.05) is 11.4 Å². The Labute approximate surface area is 166 Å². The Hall–Kier alpha value is -2.72. The average molecular weight is 375 g/mol. The molecule has 2 heterocycles. The second kappa shape index (κ2) is 7.72. The molecule has 1 fully saturated rings. The highest BCUT2D eigenvalue weighted by molar-refractivity contribution is 5.53. The quantitative estimate of drug-likeness (QED) is 0.730. The summed E-state index contributed by atoms with van der Waals surface area (Å²) in [5.74, 6) is 0. The van der Waals surface area contributed by atoms with Crippen LogP contribution >= 0.6 is 0 Å². The molecule has 0 spiro atoms. The van der Waals surface area contributed by atoms with Gasteiger partial charge in [-0.15, -0.1) is 0 Å². The molecule has 2 N–H and O–H groups in total. The first-order chi connectivity index (χ1) is 13.6. The van der Waals surface area contributed by atoms with E-state index in [0.717, 1.165) is 22.5 Å². The minimum absolute atomic E-state index is 0.283. The number of pyridine rings is 1. The Morgan fingerprint density at radius 3 is 2.04 bits per heavy atom. The molecule has 1 aliphatic heterocycles.